The van der Waals surface area contributed by atoms with Gasteiger partial charge in [-0.05, 0) is 53.4 Å². The lowest BCUT2D eigenvalue weighted by molar-refractivity contribution is -0.142. The van der Waals surface area contributed by atoms with Crippen LogP contribution in [0.15, 0.2) is 79.0 Å². The summed E-state index contributed by atoms with van der Waals surface area (Å²) < 4.78 is 0. The predicted molar refractivity (Wildman–Crippen MR) is 158 cm³/mol. The summed E-state index contributed by atoms with van der Waals surface area (Å²) in [4.78, 5) is 53.8. The number of carbonyl (C=O) groups is 4. The zero-order valence-electron chi connectivity index (χ0n) is 23.1. The van der Waals surface area contributed by atoms with Gasteiger partial charge in [0.1, 0.15) is 23.6 Å². The molecule has 0 fully saturated rings. The molecule has 3 amide bonds. The molecule has 4 rings (SSSR count). The molecule has 12 heteroatoms. The minimum Gasteiger partial charge on any atom is -0.508 e. The number of rotatable bonds is 13. The van der Waals surface area contributed by atoms with Gasteiger partial charge in [-0.25, -0.2) is 4.79 Å². The lowest BCUT2D eigenvalue weighted by Crippen LogP contribution is -2.55. The van der Waals surface area contributed by atoms with Crippen LogP contribution in [0.4, 0.5) is 0 Å². The highest BCUT2D eigenvalue weighted by atomic mass is 16.4. The van der Waals surface area contributed by atoms with Crippen LogP contribution < -0.4 is 21.7 Å². The number of nitrogens with one attached hydrogen (secondary N) is 4. The molecule has 3 aromatic carbocycles. The van der Waals surface area contributed by atoms with Gasteiger partial charge in [0.2, 0.25) is 17.7 Å². The highest BCUT2D eigenvalue weighted by molar-refractivity contribution is 5.93. The van der Waals surface area contributed by atoms with E-state index in [0.717, 1.165) is 16.5 Å². The molecule has 1 aromatic heterocycles. The van der Waals surface area contributed by atoms with Crippen LogP contribution in [0.2, 0.25) is 0 Å². The number of aliphatic carboxylic acids is 1. The Kier molecular flexibility index (Phi) is 9.97. The summed E-state index contributed by atoms with van der Waals surface area (Å²) in [6.45, 7) is -0.463. The number of carboxylic acids is 1. The van der Waals surface area contributed by atoms with Crippen LogP contribution in [0.5, 0.6) is 11.5 Å². The number of aromatic nitrogens is 1. The van der Waals surface area contributed by atoms with Crippen molar-refractivity contribution in [3.63, 3.8) is 0 Å². The Morgan fingerprint density at radius 1 is 0.744 bits per heavy atom. The molecule has 0 bridgehead atoms. The Balaban J connectivity index is 1.38. The van der Waals surface area contributed by atoms with Crippen molar-refractivity contribution in [2.45, 2.75) is 37.4 Å². The van der Waals surface area contributed by atoms with Crippen molar-refractivity contribution in [2.24, 2.45) is 5.73 Å². The van der Waals surface area contributed by atoms with Crippen LogP contribution in [0.1, 0.15) is 16.7 Å². The largest absolute Gasteiger partial charge is 0.508 e. The maximum absolute atomic E-state index is 13.3. The molecule has 12 nitrogen and oxygen atoms in total. The van der Waals surface area contributed by atoms with Gasteiger partial charge < -0.3 is 42.0 Å². The summed E-state index contributed by atoms with van der Waals surface area (Å²) in [6, 6.07) is 16.0. The number of para-hydroxylation sites is 1. The maximum atomic E-state index is 13.3. The van der Waals surface area contributed by atoms with E-state index in [4.69, 9.17) is 5.73 Å². The van der Waals surface area contributed by atoms with Gasteiger partial charge in [0.25, 0.3) is 0 Å². The molecule has 0 aliphatic carbocycles. The zero-order valence-corrected chi connectivity index (χ0v) is 23.1. The van der Waals surface area contributed by atoms with Crippen molar-refractivity contribution in [1.82, 2.24) is 20.9 Å². The Morgan fingerprint density at radius 2 is 1.33 bits per heavy atom. The normalized spacial score (nSPS) is 13.0. The maximum Gasteiger partial charge on any atom is 0.326 e. The summed E-state index contributed by atoms with van der Waals surface area (Å²) >= 11 is 0. The summed E-state index contributed by atoms with van der Waals surface area (Å²) in [5.74, 6) is -3.25. The molecule has 9 N–H and O–H groups in total. The standard InChI is InChI=1S/C31H33N5O7/c32-24(15-20-16-33-25-4-2-1-3-23(20)25)29(40)34-17-28(39)35-26(13-18-5-9-21(37)10-6-18)30(41)36-27(31(42)43)14-19-7-11-22(38)12-8-19/h1-12,16,24,26-27,33,37-38H,13-15,17,32H2,(H,34,40)(H,35,39)(H,36,41)(H,42,43). The number of phenols is 2. The van der Waals surface area contributed by atoms with Gasteiger partial charge in [0.05, 0.1) is 12.6 Å². The molecule has 0 saturated carbocycles. The molecular weight excluding hydrogens is 554 g/mol. The molecule has 3 unspecified atom stereocenters. The third-order valence-electron chi connectivity index (χ3n) is 6.89. The minimum atomic E-state index is -1.32. The summed E-state index contributed by atoms with van der Waals surface area (Å²) in [5.41, 5.74) is 9.02. The fraction of sp³-hybridized carbons (Fsp3) is 0.226. The molecular formula is C31H33N5O7. The summed E-state index contributed by atoms with van der Waals surface area (Å²) in [7, 11) is 0. The molecule has 0 radical (unpaired) electrons. The van der Waals surface area contributed by atoms with Gasteiger partial charge >= 0.3 is 5.97 Å². The van der Waals surface area contributed by atoms with Crippen LogP contribution in [-0.2, 0) is 38.4 Å². The number of amides is 3. The average Bonchev–Trinajstić information content (AvgIpc) is 3.39. The Labute approximate surface area is 246 Å². The van der Waals surface area contributed by atoms with Crippen LogP contribution in [0.25, 0.3) is 10.9 Å². The molecule has 0 aliphatic rings. The van der Waals surface area contributed by atoms with Crippen molar-refractivity contribution in [3.8, 4) is 11.5 Å². The van der Waals surface area contributed by atoms with E-state index < -0.39 is 48.4 Å². The number of fused-ring (bicyclic) bond motifs is 1. The number of phenolic OH excluding ortho intramolecular Hbond substituents is 2. The Morgan fingerprint density at radius 3 is 1.93 bits per heavy atom. The first kappa shape index (κ1) is 30.6. The van der Waals surface area contributed by atoms with E-state index in [0.29, 0.717) is 11.1 Å². The third-order valence-corrected chi connectivity index (χ3v) is 6.89. The van der Waals surface area contributed by atoms with Crippen molar-refractivity contribution in [1.29, 1.82) is 0 Å². The first-order valence-electron chi connectivity index (χ1n) is 13.6. The third kappa shape index (κ3) is 8.57. The Hall–Kier alpha value is -5.36. The second-order valence-corrected chi connectivity index (χ2v) is 10.1. The quantitative estimate of drug-likeness (QED) is 0.113. The Bertz CT molecular complexity index is 1580. The van der Waals surface area contributed by atoms with E-state index in [9.17, 15) is 34.5 Å². The highest BCUT2D eigenvalue weighted by Crippen LogP contribution is 2.19. The fourth-order valence-corrected chi connectivity index (χ4v) is 4.59. The lowest BCUT2D eigenvalue weighted by Gasteiger charge is -2.22. The van der Waals surface area contributed by atoms with Gasteiger partial charge in [-0.2, -0.15) is 0 Å². The van der Waals surface area contributed by atoms with Crippen molar-refractivity contribution < 1.29 is 34.5 Å². The van der Waals surface area contributed by atoms with Crippen LogP contribution >= 0.6 is 0 Å². The van der Waals surface area contributed by atoms with E-state index in [1.54, 1.807) is 30.5 Å². The molecule has 0 spiro atoms. The van der Waals surface area contributed by atoms with Crippen LogP contribution in [-0.4, -0.2) is 68.7 Å². The first-order chi connectivity index (χ1) is 20.6. The van der Waals surface area contributed by atoms with Gasteiger partial charge in [0, 0.05) is 29.9 Å². The molecule has 4 aromatic rings. The molecule has 43 heavy (non-hydrogen) atoms. The minimum absolute atomic E-state index is 0.0142. The van der Waals surface area contributed by atoms with Crippen molar-refractivity contribution in [3.05, 3.63) is 95.7 Å². The number of hydrogen-bond acceptors (Lipinski definition) is 7. The SMILES string of the molecule is NC(Cc1c[nH]c2ccccc12)C(=O)NCC(=O)NC(Cc1ccc(O)cc1)C(=O)NC(Cc1ccc(O)cc1)C(=O)O. The smallest absolute Gasteiger partial charge is 0.326 e. The predicted octanol–water partition coefficient (Wildman–Crippen LogP) is 1.10. The molecule has 3 atom stereocenters. The second kappa shape index (κ2) is 14.0. The van der Waals surface area contributed by atoms with E-state index in [1.165, 1.54) is 24.3 Å². The highest BCUT2D eigenvalue weighted by Gasteiger charge is 2.27. The number of H-pyrrole nitrogens is 1. The molecule has 1 heterocycles. The van der Waals surface area contributed by atoms with Gasteiger partial charge in [-0.1, -0.05) is 42.5 Å². The van der Waals surface area contributed by atoms with Crippen LogP contribution in [0.3, 0.4) is 0 Å². The monoisotopic (exact) mass is 587 g/mol. The van der Waals surface area contributed by atoms with E-state index in [2.05, 4.69) is 20.9 Å². The van der Waals surface area contributed by atoms with Gasteiger partial charge in [-0.3, -0.25) is 14.4 Å². The van der Waals surface area contributed by atoms with E-state index in [1.807, 2.05) is 24.3 Å². The first-order valence-corrected chi connectivity index (χ1v) is 13.6. The second-order valence-electron chi connectivity index (χ2n) is 10.1. The number of benzene rings is 3. The number of aromatic amines is 1. The summed E-state index contributed by atoms with van der Waals surface area (Å²) in [6.07, 6.45) is 1.94. The average molecular weight is 588 g/mol. The van der Waals surface area contributed by atoms with E-state index >= 15 is 0 Å². The number of nitrogens with two attached hydrogens (primary N) is 1. The topological polar surface area (TPSA) is 207 Å². The van der Waals surface area contributed by atoms with E-state index in [-0.39, 0.29) is 30.8 Å². The fourth-order valence-electron chi connectivity index (χ4n) is 4.59. The van der Waals surface area contributed by atoms with Crippen molar-refractivity contribution in [2.75, 3.05) is 6.54 Å². The van der Waals surface area contributed by atoms with Gasteiger partial charge in [-0.15, -0.1) is 0 Å². The summed E-state index contributed by atoms with van der Waals surface area (Å²) in [5, 5.41) is 37.3. The molecule has 224 valence electrons. The number of hydrogen-bond donors (Lipinski definition) is 8. The number of carboxylic acid groups (broad SMARTS) is 1. The molecule has 0 saturated heterocycles. The number of carbonyl (C=O) groups excluding carboxylic acids is 3. The molecule has 0 aliphatic heterocycles. The van der Waals surface area contributed by atoms with Crippen LogP contribution in [0, 0.1) is 0 Å². The van der Waals surface area contributed by atoms with Crippen molar-refractivity contribution >= 4 is 34.6 Å². The zero-order chi connectivity index (χ0) is 30.9. The number of aromatic hydroxyl groups is 2. The van der Waals surface area contributed by atoms with Gasteiger partial charge in [0.15, 0.2) is 0 Å². The lowest BCUT2D eigenvalue weighted by atomic mass is 10.0.